The Morgan fingerprint density at radius 2 is 1.55 bits per heavy atom. The molecule has 2 heterocycles. The van der Waals surface area contributed by atoms with Gasteiger partial charge in [0.1, 0.15) is 5.03 Å². The number of anilines is 1. The molecule has 1 saturated heterocycles. The first-order valence-corrected chi connectivity index (χ1v) is 12.3. The summed E-state index contributed by atoms with van der Waals surface area (Å²) in [5, 5.41) is 0.838. The third-order valence-corrected chi connectivity index (χ3v) is 6.75. The monoisotopic (exact) mass is 439 g/mol. The van der Waals surface area contributed by atoms with Gasteiger partial charge >= 0.3 is 0 Å². The summed E-state index contributed by atoms with van der Waals surface area (Å²) < 4.78 is 0. The minimum atomic E-state index is 0.0987. The van der Waals surface area contributed by atoms with Gasteiger partial charge in [-0.05, 0) is 52.0 Å². The number of pyridine rings is 1. The van der Waals surface area contributed by atoms with Gasteiger partial charge in [-0.2, -0.15) is 0 Å². The molecule has 1 aromatic carbocycles. The molecule has 2 aromatic rings. The van der Waals surface area contributed by atoms with E-state index in [9.17, 15) is 4.79 Å². The van der Waals surface area contributed by atoms with Crippen LogP contribution >= 0.6 is 11.8 Å². The standard InChI is InChI=1S/C26H37N3OS/c1-8-31-23-22(10-9-11-27-23)24(30)29-14-12-28(13-15-29)21-17-19(25(2,3)4)16-20(18-21)26(5,6)7/h9-11,16-18H,8,12-15H2,1-7H3. The molecule has 0 aliphatic carbocycles. The highest BCUT2D eigenvalue weighted by Gasteiger charge is 2.26. The van der Waals surface area contributed by atoms with Gasteiger partial charge in [0.2, 0.25) is 0 Å². The molecule has 168 valence electrons. The summed E-state index contributed by atoms with van der Waals surface area (Å²) in [6.45, 7) is 18.9. The highest BCUT2D eigenvalue weighted by molar-refractivity contribution is 7.99. The van der Waals surface area contributed by atoms with Crippen molar-refractivity contribution in [1.29, 1.82) is 0 Å². The molecule has 4 nitrogen and oxygen atoms in total. The smallest absolute Gasteiger partial charge is 0.256 e. The number of thioether (sulfide) groups is 1. The summed E-state index contributed by atoms with van der Waals surface area (Å²) in [6.07, 6.45) is 1.77. The summed E-state index contributed by atoms with van der Waals surface area (Å²) in [5.74, 6) is 1.01. The normalized spacial score (nSPS) is 15.3. The van der Waals surface area contributed by atoms with Crippen LogP contribution in [0.5, 0.6) is 0 Å². The number of rotatable bonds is 4. The van der Waals surface area contributed by atoms with Crippen LogP contribution < -0.4 is 4.90 Å². The number of piperazine rings is 1. The highest BCUT2D eigenvalue weighted by atomic mass is 32.2. The van der Waals surface area contributed by atoms with Crippen molar-refractivity contribution in [3.8, 4) is 0 Å². The molecule has 0 spiro atoms. The average Bonchev–Trinajstić information content (AvgIpc) is 2.72. The maximum atomic E-state index is 13.2. The first kappa shape index (κ1) is 23.6. The van der Waals surface area contributed by atoms with Crippen LogP contribution in [0.2, 0.25) is 0 Å². The molecule has 3 rings (SSSR count). The fourth-order valence-corrected chi connectivity index (χ4v) is 4.52. The van der Waals surface area contributed by atoms with Crippen LogP contribution in [0.25, 0.3) is 0 Å². The Morgan fingerprint density at radius 3 is 2.06 bits per heavy atom. The largest absolute Gasteiger partial charge is 0.368 e. The van der Waals surface area contributed by atoms with Crippen molar-refractivity contribution in [2.45, 2.75) is 64.3 Å². The molecule has 31 heavy (non-hydrogen) atoms. The topological polar surface area (TPSA) is 36.4 Å². The lowest BCUT2D eigenvalue weighted by molar-refractivity contribution is 0.0742. The Labute approximate surface area is 192 Å². The zero-order valence-corrected chi connectivity index (χ0v) is 21.0. The molecule has 0 radical (unpaired) electrons. The van der Waals surface area contributed by atoms with Crippen LogP contribution in [0.4, 0.5) is 5.69 Å². The predicted octanol–water partition coefficient (Wildman–Crippen LogP) is 5.75. The number of hydrogen-bond donors (Lipinski definition) is 0. The molecule has 0 saturated carbocycles. The van der Waals surface area contributed by atoms with Crippen molar-refractivity contribution in [2.75, 3.05) is 36.8 Å². The summed E-state index contributed by atoms with van der Waals surface area (Å²) >= 11 is 1.63. The van der Waals surface area contributed by atoms with Crippen LogP contribution in [0.1, 0.15) is 70.0 Å². The Hall–Kier alpha value is -2.01. The van der Waals surface area contributed by atoms with Gasteiger partial charge in [-0.25, -0.2) is 4.98 Å². The summed E-state index contributed by atoms with van der Waals surface area (Å²) in [6, 6.07) is 10.8. The molecule has 0 N–H and O–H groups in total. The van der Waals surface area contributed by atoms with E-state index < -0.39 is 0 Å². The molecular formula is C26H37N3OS. The van der Waals surface area contributed by atoms with E-state index in [4.69, 9.17) is 0 Å². The van der Waals surface area contributed by atoms with Crippen molar-refractivity contribution in [1.82, 2.24) is 9.88 Å². The van der Waals surface area contributed by atoms with Crippen molar-refractivity contribution in [3.05, 3.63) is 53.2 Å². The van der Waals surface area contributed by atoms with E-state index in [1.54, 1.807) is 18.0 Å². The Balaban J connectivity index is 1.79. The van der Waals surface area contributed by atoms with E-state index in [2.05, 4.69) is 76.5 Å². The minimum Gasteiger partial charge on any atom is -0.368 e. The Kier molecular flexibility index (Phi) is 7.04. The number of carbonyl (C=O) groups excluding carboxylic acids is 1. The van der Waals surface area contributed by atoms with E-state index in [0.29, 0.717) is 0 Å². The second-order valence-electron chi connectivity index (χ2n) is 10.3. The second-order valence-corrected chi connectivity index (χ2v) is 11.6. The van der Waals surface area contributed by atoms with Gasteiger partial charge in [0.15, 0.2) is 0 Å². The van der Waals surface area contributed by atoms with Crippen LogP contribution in [0, 0.1) is 0 Å². The third kappa shape index (κ3) is 5.62. The summed E-state index contributed by atoms with van der Waals surface area (Å²) in [7, 11) is 0. The molecule has 0 unspecified atom stereocenters. The fourth-order valence-electron chi connectivity index (χ4n) is 3.80. The van der Waals surface area contributed by atoms with E-state index in [-0.39, 0.29) is 16.7 Å². The number of amides is 1. The van der Waals surface area contributed by atoms with Crippen molar-refractivity contribution in [3.63, 3.8) is 0 Å². The van der Waals surface area contributed by atoms with Crippen LogP contribution in [0.15, 0.2) is 41.6 Å². The maximum Gasteiger partial charge on any atom is 0.256 e. The molecule has 5 heteroatoms. The molecule has 1 aliphatic rings. The van der Waals surface area contributed by atoms with Gasteiger partial charge < -0.3 is 9.80 Å². The van der Waals surface area contributed by atoms with Crippen molar-refractivity contribution >= 4 is 23.4 Å². The lowest BCUT2D eigenvalue weighted by Gasteiger charge is -2.37. The first-order valence-electron chi connectivity index (χ1n) is 11.3. The predicted molar refractivity (Wildman–Crippen MR) is 133 cm³/mol. The van der Waals surface area contributed by atoms with Gasteiger partial charge in [-0.15, -0.1) is 11.8 Å². The SMILES string of the molecule is CCSc1ncccc1C(=O)N1CCN(c2cc(C(C)(C)C)cc(C(C)(C)C)c2)CC1. The van der Waals surface area contributed by atoms with Gasteiger partial charge in [0, 0.05) is 38.1 Å². The summed E-state index contributed by atoms with van der Waals surface area (Å²) in [5.41, 5.74) is 4.93. The maximum absolute atomic E-state index is 13.2. The third-order valence-electron chi connectivity index (χ3n) is 5.86. The molecule has 1 fully saturated rings. The van der Waals surface area contributed by atoms with E-state index in [1.807, 2.05) is 17.0 Å². The minimum absolute atomic E-state index is 0.0987. The summed E-state index contributed by atoms with van der Waals surface area (Å²) in [4.78, 5) is 22.0. The number of carbonyl (C=O) groups is 1. The lowest BCUT2D eigenvalue weighted by atomic mass is 9.80. The number of nitrogens with zero attached hydrogens (tertiary/aromatic N) is 3. The molecule has 1 aromatic heterocycles. The highest BCUT2D eigenvalue weighted by Crippen LogP contribution is 2.34. The molecule has 1 aliphatic heterocycles. The fraction of sp³-hybridized carbons (Fsp3) is 0.538. The van der Waals surface area contributed by atoms with E-state index in [0.717, 1.165) is 42.5 Å². The van der Waals surface area contributed by atoms with Gasteiger partial charge in [-0.1, -0.05) is 54.5 Å². The zero-order valence-electron chi connectivity index (χ0n) is 20.2. The number of aromatic nitrogens is 1. The van der Waals surface area contributed by atoms with Crippen LogP contribution in [-0.4, -0.2) is 47.7 Å². The van der Waals surface area contributed by atoms with Crippen molar-refractivity contribution < 1.29 is 4.79 Å². The first-order chi connectivity index (χ1) is 14.5. The molecule has 0 atom stereocenters. The van der Waals surface area contributed by atoms with Gasteiger partial charge in [-0.3, -0.25) is 4.79 Å². The molecule has 0 bridgehead atoms. The molecular weight excluding hydrogens is 402 g/mol. The number of hydrogen-bond acceptors (Lipinski definition) is 4. The lowest BCUT2D eigenvalue weighted by Crippen LogP contribution is -2.49. The van der Waals surface area contributed by atoms with Gasteiger partial charge in [0.05, 0.1) is 5.56 Å². The average molecular weight is 440 g/mol. The van der Waals surface area contributed by atoms with Crippen LogP contribution in [0.3, 0.4) is 0 Å². The second kappa shape index (κ2) is 9.23. The van der Waals surface area contributed by atoms with E-state index in [1.165, 1.54) is 16.8 Å². The van der Waals surface area contributed by atoms with Crippen molar-refractivity contribution in [2.24, 2.45) is 0 Å². The van der Waals surface area contributed by atoms with Crippen LogP contribution in [-0.2, 0) is 10.8 Å². The number of benzene rings is 1. The molecule has 1 amide bonds. The Morgan fingerprint density at radius 1 is 0.968 bits per heavy atom. The zero-order chi connectivity index (χ0) is 22.8. The Bertz CT molecular complexity index is 887. The van der Waals surface area contributed by atoms with E-state index >= 15 is 0 Å². The quantitative estimate of drug-likeness (QED) is 0.568. The van der Waals surface area contributed by atoms with Gasteiger partial charge in [0.25, 0.3) is 5.91 Å².